The predicted octanol–water partition coefficient (Wildman–Crippen LogP) is 3.00. The van der Waals surface area contributed by atoms with Gasteiger partial charge >= 0.3 is 5.97 Å². The Balaban J connectivity index is 1.16. The molecule has 0 amide bonds. The first kappa shape index (κ1) is 24.3. The van der Waals surface area contributed by atoms with Crippen LogP contribution in [0.1, 0.15) is 66.2 Å². The average molecular weight is 512 g/mol. The fraction of sp³-hybridized carbons (Fsp3) is 0.800. The number of carbonyl (C=O) groups is 2. The second-order valence-electron chi connectivity index (χ2n) is 13.7. The minimum Gasteiger partial charge on any atom is -0.458 e. The molecule has 0 unspecified atom stereocenters. The number of aliphatic hydroxyl groups is 2. The molecular weight excluding hydrogens is 470 g/mol. The molecule has 202 valence electrons. The van der Waals surface area contributed by atoms with Crippen molar-refractivity contribution < 1.29 is 29.3 Å². The zero-order valence-electron chi connectivity index (χ0n) is 22.5. The van der Waals surface area contributed by atoms with Crippen molar-refractivity contribution in [2.24, 2.45) is 40.4 Å². The molecule has 4 aliphatic carbocycles. The van der Waals surface area contributed by atoms with Crippen molar-refractivity contribution in [3.05, 3.63) is 22.9 Å². The first-order chi connectivity index (χ1) is 17.6. The topological polar surface area (TPSA) is 99.4 Å². The molecule has 3 aliphatic heterocycles. The van der Waals surface area contributed by atoms with Crippen LogP contribution in [0.4, 0.5) is 0 Å². The Morgan fingerprint density at radius 1 is 1.16 bits per heavy atom. The van der Waals surface area contributed by atoms with E-state index in [0.717, 1.165) is 56.5 Å². The van der Waals surface area contributed by atoms with Crippen molar-refractivity contribution in [1.82, 2.24) is 4.90 Å². The van der Waals surface area contributed by atoms with Crippen molar-refractivity contribution in [1.29, 1.82) is 0 Å². The Kier molecular flexibility index (Phi) is 5.06. The first-order valence-electron chi connectivity index (χ1n) is 14.4. The molecule has 7 heteroatoms. The summed E-state index contributed by atoms with van der Waals surface area (Å²) >= 11 is 0. The summed E-state index contributed by atoms with van der Waals surface area (Å²) in [6.45, 7) is 10.3. The Bertz CT molecular complexity index is 1130. The van der Waals surface area contributed by atoms with E-state index >= 15 is 0 Å². The molecule has 0 aromatic carbocycles. The summed E-state index contributed by atoms with van der Waals surface area (Å²) in [5, 5.41) is 21.0. The van der Waals surface area contributed by atoms with E-state index in [2.05, 4.69) is 25.7 Å². The molecule has 2 N–H and O–H groups in total. The molecule has 2 saturated heterocycles. The average Bonchev–Trinajstić information content (AvgIpc) is 3.77. The van der Waals surface area contributed by atoms with Crippen LogP contribution in [0, 0.1) is 40.4 Å². The van der Waals surface area contributed by atoms with E-state index < -0.39 is 17.1 Å². The van der Waals surface area contributed by atoms with Gasteiger partial charge in [0.15, 0.2) is 5.78 Å². The van der Waals surface area contributed by atoms with E-state index in [9.17, 15) is 19.8 Å². The number of fused-ring (bicyclic) bond motifs is 4. The van der Waals surface area contributed by atoms with Crippen molar-refractivity contribution in [3.63, 3.8) is 0 Å². The number of ketones is 1. The summed E-state index contributed by atoms with van der Waals surface area (Å²) in [6, 6.07) is 0. The van der Waals surface area contributed by atoms with E-state index in [1.165, 1.54) is 0 Å². The smallest absolute Gasteiger partial charge is 0.336 e. The predicted molar refractivity (Wildman–Crippen MR) is 135 cm³/mol. The lowest BCUT2D eigenvalue weighted by atomic mass is 9.44. The molecule has 7 aliphatic rings. The van der Waals surface area contributed by atoms with E-state index in [1.807, 2.05) is 6.92 Å². The lowest BCUT2D eigenvalue weighted by Crippen LogP contribution is -2.65. The van der Waals surface area contributed by atoms with Gasteiger partial charge in [0, 0.05) is 31.3 Å². The van der Waals surface area contributed by atoms with Gasteiger partial charge in [0.05, 0.1) is 23.7 Å². The number of cyclic esters (lactones) is 1. The van der Waals surface area contributed by atoms with E-state index in [-0.39, 0.29) is 47.8 Å². The van der Waals surface area contributed by atoms with Crippen molar-refractivity contribution in [2.75, 3.05) is 19.7 Å². The Labute approximate surface area is 219 Å². The minimum absolute atomic E-state index is 0.0517. The molecule has 5 fully saturated rings. The summed E-state index contributed by atoms with van der Waals surface area (Å²) < 4.78 is 12.3. The fourth-order valence-corrected chi connectivity index (χ4v) is 10.3. The highest BCUT2D eigenvalue weighted by Gasteiger charge is 2.81. The van der Waals surface area contributed by atoms with Crippen LogP contribution < -0.4 is 0 Å². The third-order valence-corrected chi connectivity index (χ3v) is 12.5. The summed E-state index contributed by atoms with van der Waals surface area (Å²) in [5.41, 5.74) is 0.843. The molecule has 1 spiro atoms. The summed E-state index contributed by atoms with van der Waals surface area (Å²) in [5.74, 6) is 1.60. The van der Waals surface area contributed by atoms with Gasteiger partial charge in [0.1, 0.15) is 17.8 Å². The van der Waals surface area contributed by atoms with Crippen molar-refractivity contribution >= 4 is 11.8 Å². The Morgan fingerprint density at radius 2 is 1.92 bits per heavy atom. The summed E-state index contributed by atoms with van der Waals surface area (Å²) in [7, 11) is 0. The first-order valence-corrected chi connectivity index (χ1v) is 14.4. The maximum atomic E-state index is 13.8. The van der Waals surface area contributed by atoms with Gasteiger partial charge in [0.2, 0.25) is 0 Å². The van der Waals surface area contributed by atoms with Crippen LogP contribution in [0.2, 0.25) is 0 Å². The second-order valence-corrected chi connectivity index (χ2v) is 13.7. The van der Waals surface area contributed by atoms with Crippen LogP contribution >= 0.6 is 0 Å². The molecule has 3 saturated carbocycles. The molecule has 0 bridgehead atoms. The fourth-order valence-electron chi connectivity index (χ4n) is 10.3. The zero-order valence-corrected chi connectivity index (χ0v) is 22.5. The van der Waals surface area contributed by atoms with Crippen LogP contribution in [0.3, 0.4) is 0 Å². The number of epoxide rings is 1. The Morgan fingerprint density at radius 3 is 2.59 bits per heavy atom. The zero-order chi connectivity index (χ0) is 26.1. The van der Waals surface area contributed by atoms with Crippen LogP contribution in [0.25, 0.3) is 0 Å². The number of ether oxygens (including phenoxy) is 2. The molecule has 11 atom stereocenters. The number of hydrogen-bond acceptors (Lipinski definition) is 7. The highest BCUT2D eigenvalue weighted by Crippen LogP contribution is 2.73. The number of esters is 1. The third kappa shape index (κ3) is 2.94. The van der Waals surface area contributed by atoms with Gasteiger partial charge in [-0.25, -0.2) is 4.79 Å². The monoisotopic (exact) mass is 511 g/mol. The van der Waals surface area contributed by atoms with Gasteiger partial charge in [-0.2, -0.15) is 0 Å². The van der Waals surface area contributed by atoms with Gasteiger partial charge in [-0.05, 0) is 81.0 Å². The molecule has 0 aromatic heterocycles. The maximum absolute atomic E-state index is 13.8. The lowest BCUT2D eigenvalue weighted by Gasteiger charge is -2.58. The van der Waals surface area contributed by atoms with Crippen molar-refractivity contribution in [3.8, 4) is 0 Å². The van der Waals surface area contributed by atoms with Gasteiger partial charge in [-0.15, -0.1) is 0 Å². The molecule has 7 nitrogen and oxygen atoms in total. The number of aliphatic hydroxyl groups excluding tert-OH is 2. The van der Waals surface area contributed by atoms with E-state index in [4.69, 9.17) is 9.47 Å². The van der Waals surface area contributed by atoms with Crippen LogP contribution in [0.15, 0.2) is 22.9 Å². The van der Waals surface area contributed by atoms with E-state index in [1.54, 1.807) is 6.08 Å². The normalized spacial score (nSPS) is 50.9. The standard InChI is InChI=1S/C30H41NO6/c1-15-11-23(36-27(35)18(15)14-32)16(2)19-5-6-20-17-12-25-30(37-25)26(34)22(31-9-10-31)13-24(33)29(30,4)21(17)7-8-28(19,20)3/h13,16-17,19-21,23,25-26,32,34H,5-12,14H2,1-4H3/t16-,17-,19+,20-,21-,23-,25+,26-,28+,29-,30+/m0/s1. The lowest BCUT2D eigenvalue weighted by molar-refractivity contribution is -0.156. The molecule has 7 rings (SSSR count). The van der Waals surface area contributed by atoms with Gasteiger partial charge in [0.25, 0.3) is 0 Å². The third-order valence-electron chi connectivity index (χ3n) is 12.5. The maximum Gasteiger partial charge on any atom is 0.336 e. The van der Waals surface area contributed by atoms with Gasteiger partial charge < -0.3 is 24.6 Å². The van der Waals surface area contributed by atoms with E-state index in [0.29, 0.717) is 29.7 Å². The molecule has 0 aromatic rings. The number of rotatable bonds is 4. The number of carbonyl (C=O) groups excluding carboxylic acids is 2. The SMILES string of the molecule is CC1=C(CO)C(=O)O[C@H]([C@@H](C)[C@H]2CC[C@H]3[C@@H]4C[C@H]5O[C@@]56[C@@H](O)C(N5CC5)=CC(=O)[C@]6(C)[C@H]4CC[C@]23C)C1. The van der Waals surface area contributed by atoms with Crippen molar-refractivity contribution in [2.45, 2.75) is 90.1 Å². The van der Waals surface area contributed by atoms with Gasteiger partial charge in [-0.1, -0.05) is 19.4 Å². The number of nitrogens with zero attached hydrogens (tertiary/aromatic N) is 1. The Hall–Kier alpha value is -1.70. The molecule has 37 heavy (non-hydrogen) atoms. The molecular formula is C30H41NO6. The summed E-state index contributed by atoms with van der Waals surface area (Å²) in [6.07, 6.45) is 6.71. The molecule has 0 radical (unpaired) electrons. The quantitative estimate of drug-likeness (QED) is 0.442. The van der Waals surface area contributed by atoms with Crippen LogP contribution in [-0.2, 0) is 19.1 Å². The largest absolute Gasteiger partial charge is 0.458 e. The van der Waals surface area contributed by atoms with Crippen LogP contribution in [0.5, 0.6) is 0 Å². The van der Waals surface area contributed by atoms with Crippen LogP contribution in [-0.4, -0.2) is 70.5 Å². The minimum atomic E-state index is -0.748. The van der Waals surface area contributed by atoms with Gasteiger partial charge in [-0.3, -0.25) is 4.79 Å². The highest BCUT2D eigenvalue weighted by atomic mass is 16.6. The molecule has 3 heterocycles. The number of hydrogen-bond donors (Lipinski definition) is 2. The highest BCUT2D eigenvalue weighted by molar-refractivity contribution is 5.99. The summed E-state index contributed by atoms with van der Waals surface area (Å²) in [4.78, 5) is 28.5. The second kappa shape index (κ2) is 7.70. The number of allylic oxidation sites excluding steroid dienone is 1.